The molecule has 2 unspecified atom stereocenters. The SMILES string of the molecule is FC(F)(F)C1CCCC(CNCc2ccccc2)C1. The lowest BCUT2D eigenvalue weighted by Gasteiger charge is -2.30. The molecule has 0 aromatic heterocycles. The molecule has 0 aliphatic heterocycles. The fraction of sp³-hybridized carbons (Fsp3) is 0.600. The minimum absolute atomic E-state index is 0.157. The fourth-order valence-electron chi connectivity index (χ4n) is 2.79. The summed E-state index contributed by atoms with van der Waals surface area (Å²) in [5.74, 6) is -0.936. The molecule has 0 bridgehead atoms. The predicted octanol–water partition coefficient (Wildman–Crippen LogP) is 4.14. The van der Waals surface area contributed by atoms with Crippen molar-refractivity contribution >= 4 is 0 Å². The Kier molecular flexibility index (Phi) is 4.86. The summed E-state index contributed by atoms with van der Waals surface area (Å²) in [6, 6.07) is 9.94. The van der Waals surface area contributed by atoms with Crippen molar-refractivity contribution in [2.24, 2.45) is 11.8 Å². The molecule has 0 heterocycles. The maximum atomic E-state index is 12.7. The lowest BCUT2D eigenvalue weighted by Crippen LogP contribution is -2.33. The van der Waals surface area contributed by atoms with Gasteiger partial charge in [-0.15, -0.1) is 0 Å². The first-order valence-electron chi connectivity index (χ1n) is 6.87. The Morgan fingerprint density at radius 2 is 1.84 bits per heavy atom. The van der Waals surface area contributed by atoms with Crippen molar-refractivity contribution in [3.05, 3.63) is 35.9 Å². The highest BCUT2D eigenvalue weighted by Gasteiger charge is 2.41. The molecule has 2 atom stereocenters. The normalized spacial score (nSPS) is 24.4. The Bertz CT molecular complexity index is 375. The van der Waals surface area contributed by atoms with Crippen molar-refractivity contribution in [3.63, 3.8) is 0 Å². The van der Waals surface area contributed by atoms with E-state index in [4.69, 9.17) is 0 Å². The topological polar surface area (TPSA) is 12.0 Å². The van der Waals surface area contributed by atoms with Crippen LogP contribution in [0.25, 0.3) is 0 Å². The number of hydrogen-bond donors (Lipinski definition) is 1. The standard InChI is InChI=1S/C15H20F3N/c16-15(17,18)14-8-4-7-13(9-14)11-19-10-12-5-2-1-3-6-12/h1-3,5-6,13-14,19H,4,7-11H2. The summed E-state index contributed by atoms with van der Waals surface area (Å²) in [7, 11) is 0. The summed E-state index contributed by atoms with van der Waals surface area (Å²) in [5, 5.41) is 3.28. The number of benzene rings is 1. The van der Waals surface area contributed by atoms with Crippen molar-refractivity contribution in [1.29, 1.82) is 0 Å². The maximum absolute atomic E-state index is 12.7. The molecular weight excluding hydrogens is 251 g/mol. The smallest absolute Gasteiger partial charge is 0.312 e. The van der Waals surface area contributed by atoms with Crippen LogP contribution in [-0.2, 0) is 6.54 Å². The second-order valence-corrected chi connectivity index (χ2v) is 5.39. The molecular formula is C15H20F3N. The van der Waals surface area contributed by atoms with Crippen LogP contribution >= 0.6 is 0 Å². The molecule has 106 valence electrons. The Balaban J connectivity index is 1.74. The average Bonchev–Trinajstić information content (AvgIpc) is 2.39. The zero-order valence-corrected chi connectivity index (χ0v) is 10.9. The van der Waals surface area contributed by atoms with Gasteiger partial charge < -0.3 is 5.32 Å². The van der Waals surface area contributed by atoms with Crippen LogP contribution in [0.1, 0.15) is 31.2 Å². The molecule has 1 aliphatic carbocycles. The number of alkyl halides is 3. The van der Waals surface area contributed by atoms with Gasteiger partial charge in [-0.3, -0.25) is 0 Å². The monoisotopic (exact) mass is 271 g/mol. The van der Waals surface area contributed by atoms with Crippen LogP contribution in [0.2, 0.25) is 0 Å². The Labute approximate surface area is 112 Å². The largest absolute Gasteiger partial charge is 0.391 e. The van der Waals surface area contributed by atoms with E-state index in [1.54, 1.807) is 0 Å². The minimum atomic E-state index is -4.02. The van der Waals surface area contributed by atoms with Gasteiger partial charge in [-0.2, -0.15) is 13.2 Å². The van der Waals surface area contributed by atoms with Gasteiger partial charge in [0, 0.05) is 6.54 Å². The van der Waals surface area contributed by atoms with E-state index in [1.165, 1.54) is 5.56 Å². The second kappa shape index (κ2) is 6.42. The van der Waals surface area contributed by atoms with Crippen LogP contribution in [0, 0.1) is 11.8 Å². The van der Waals surface area contributed by atoms with E-state index >= 15 is 0 Å². The third-order valence-electron chi connectivity index (χ3n) is 3.85. The number of hydrogen-bond acceptors (Lipinski definition) is 1. The van der Waals surface area contributed by atoms with E-state index in [2.05, 4.69) is 5.32 Å². The first-order valence-corrected chi connectivity index (χ1v) is 6.87. The van der Waals surface area contributed by atoms with E-state index in [-0.39, 0.29) is 12.3 Å². The van der Waals surface area contributed by atoms with Crippen LogP contribution < -0.4 is 5.32 Å². The van der Waals surface area contributed by atoms with E-state index in [1.807, 2.05) is 30.3 Å². The Morgan fingerprint density at radius 1 is 1.11 bits per heavy atom. The lowest BCUT2D eigenvalue weighted by molar-refractivity contribution is -0.185. The van der Waals surface area contributed by atoms with Gasteiger partial charge in [0.1, 0.15) is 0 Å². The molecule has 1 nitrogen and oxygen atoms in total. The molecule has 19 heavy (non-hydrogen) atoms. The first kappa shape index (κ1) is 14.4. The predicted molar refractivity (Wildman–Crippen MR) is 69.7 cm³/mol. The number of rotatable bonds is 4. The molecule has 1 fully saturated rings. The molecule has 4 heteroatoms. The minimum Gasteiger partial charge on any atom is -0.312 e. The highest BCUT2D eigenvalue weighted by atomic mass is 19.4. The zero-order chi connectivity index (χ0) is 13.7. The highest BCUT2D eigenvalue weighted by molar-refractivity contribution is 5.14. The summed E-state index contributed by atoms with van der Waals surface area (Å²) < 4.78 is 38.0. The second-order valence-electron chi connectivity index (χ2n) is 5.39. The zero-order valence-electron chi connectivity index (χ0n) is 10.9. The molecule has 1 aromatic rings. The van der Waals surface area contributed by atoms with Gasteiger partial charge in [-0.1, -0.05) is 36.8 Å². The molecule has 2 rings (SSSR count). The summed E-state index contributed by atoms with van der Waals surface area (Å²) in [6.45, 7) is 1.41. The summed E-state index contributed by atoms with van der Waals surface area (Å²) in [5.41, 5.74) is 1.17. The first-order chi connectivity index (χ1) is 9.05. The molecule has 1 aromatic carbocycles. The molecule has 1 aliphatic rings. The highest BCUT2D eigenvalue weighted by Crippen LogP contribution is 2.39. The van der Waals surface area contributed by atoms with Crippen molar-refractivity contribution in [1.82, 2.24) is 5.32 Å². The van der Waals surface area contributed by atoms with Gasteiger partial charge in [0.05, 0.1) is 5.92 Å². The summed E-state index contributed by atoms with van der Waals surface area (Å²) in [6.07, 6.45) is -1.82. The summed E-state index contributed by atoms with van der Waals surface area (Å²) in [4.78, 5) is 0. The van der Waals surface area contributed by atoms with E-state index in [0.29, 0.717) is 19.4 Å². The Hall–Kier alpha value is -1.03. The van der Waals surface area contributed by atoms with E-state index in [9.17, 15) is 13.2 Å². The summed E-state index contributed by atoms with van der Waals surface area (Å²) >= 11 is 0. The average molecular weight is 271 g/mol. The van der Waals surface area contributed by atoms with Crippen molar-refractivity contribution in [2.45, 2.75) is 38.4 Å². The molecule has 0 saturated heterocycles. The maximum Gasteiger partial charge on any atom is 0.391 e. The molecule has 0 amide bonds. The van der Waals surface area contributed by atoms with Gasteiger partial charge in [0.15, 0.2) is 0 Å². The van der Waals surface area contributed by atoms with Crippen molar-refractivity contribution < 1.29 is 13.2 Å². The Morgan fingerprint density at radius 3 is 2.53 bits per heavy atom. The number of halogens is 3. The third-order valence-corrected chi connectivity index (χ3v) is 3.85. The van der Waals surface area contributed by atoms with Gasteiger partial charge >= 0.3 is 6.18 Å². The lowest BCUT2D eigenvalue weighted by atomic mass is 9.81. The van der Waals surface area contributed by atoms with Crippen molar-refractivity contribution in [2.75, 3.05) is 6.54 Å². The van der Waals surface area contributed by atoms with Crippen LogP contribution in [0.15, 0.2) is 30.3 Å². The van der Waals surface area contributed by atoms with E-state index in [0.717, 1.165) is 13.0 Å². The van der Waals surface area contributed by atoms with Gasteiger partial charge in [-0.05, 0) is 37.3 Å². The van der Waals surface area contributed by atoms with Gasteiger partial charge in [0.2, 0.25) is 0 Å². The van der Waals surface area contributed by atoms with Crippen LogP contribution in [0.4, 0.5) is 13.2 Å². The van der Waals surface area contributed by atoms with Crippen LogP contribution in [-0.4, -0.2) is 12.7 Å². The van der Waals surface area contributed by atoms with E-state index < -0.39 is 12.1 Å². The molecule has 1 N–H and O–H groups in total. The molecule has 0 radical (unpaired) electrons. The fourth-order valence-corrected chi connectivity index (χ4v) is 2.79. The van der Waals surface area contributed by atoms with Gasteiger partial charge in [-0.25, -0.2) is 0 Å². The van der Waals surface area contributed by atoms with Crippen molar-refractivity contribution in [3.8, 4) is 0 Å². The quantitative estimate of drug-likeness (QED) is 0.867. The van der Waals surface area contributed by atoms with Crippen LogP contribution in [0.5, 0.6) is 0 Å². The molecule has 0 spiro atoms. The third kappa shape index (κ3) is 4.53. The number of nitrogens with one attached hydrogen (secondary N) is 1. The van der Waals surface area contributed by atoms with Crippen LogP contribution in [0.3, 0.4) is 0 Å². The van der Waals surface area contributed by atoms with Gasteiger partial charge in [0.25, 0.3) is 0 Å². The molecule has 1 saturated carbocycles.